The minimum Gasteiger partial charge on any atom is -0.462 e. The molecule has 0 rings (SSSR count). The van der Waals surface area contributed by atoms with Gasteiger partial charge in [-0.1, -0.05) is 6.08 Å². The molecule has 0 saturated carbocycles. The van der Waals surface area contributed by atoms with Crippen LogP contribution in [0.15, 0.2) is 12.7 Å². The van der Waals surface area contributed by atoms with Gasteiger partial charge in [-0.3, -0.25) is 28.8 Å². The molecule has 186 valence electrons. The van der Waals surface area contributed by atoms with E-state index in [1.54, 1.807) is 0 Å². The fourth-order valence-electron chi connectivity index (χ4n) is 2.96. The van der Waals surface area contributed by atoms with Crippen LogP contribution in [0.2, 0.25) is 0 Å². The molecule has 12 nitrogen and oxygen atoms in total. The summed E-state index contributed by atoms with van der Waals surface area (Å²) in [6.45, 7) is 9.61. The molecule has 0 spiro atoms. The van der Waals surface area contributed by atoms with Crippen molar-refractivity contribution in [2.45, 2.75) is 78.4 Å². The van der Waals surface area contributed by atoms with E-state index in [0.717, 1.165) is 34.6 Å². The summed E-state index contributed by atoms with van der Waals surface area (Å²) in [4.78, 5) is 70.5. The summed E-state index contributed by atoms with van der Waals surface area (Å²) in [7, 11) is 0. The molecule has 0 saturated heterocycles. The molecule has 5 atom stereocenters. The number of esters is 5. The average molecular weight is 473 g/mol. The number of carbonyl (C=O) groups is 6. The molecule has 0 aromatic carbocycles. The van der Waals surface area contributed by atoms with Crippen molar-refractivity contribution < 1.29 is 52.5 Å². The van der Waals surface area contributed by atoms with Crippen molar-refractivity contribution >= 4 is 35.8 Å². The van der Waals surface area contributed by atoms with Crippen molar-refractivity contribution in [3.8, 4) is 0 Å². The van der Waals surface area contributed by atoms with Gasteiger partial charge in [0.1, 0.15) is 18.8 Å². The van der Waals surface area contributed by atoms with Crippen molar-refractivity contribution in [1.29, 1.82) is 0 Å². The van der Waals surface area contributed by atoms with Gasteiger partial charge in [-0.05, 0) is 0 Å². The van der Waals surface area contributed by atoms with Crippen molar-refractivity contribution in [3.63, 3.8) is 0 Å². The van der Waals surface area contributed by atoms with Crippen LogP contribution in [-0.2, 0) is 52.5 Å². The van der Waals surface area contributed by atoms with Gasteiger partial charge in [0.2, 0.25) is 5.91 Å². The van der Waals surface area contributed by atoms with Crippen molar-refractivity contribution in [2.75, 3.05) is 6.61 Å². The Morgan fingerprint density at radius 1 is 0.697 bits per heavy atom. The summed E-state index contributed by atoms with van der Waals surface area (Å²) in [5.41, 5.74) is 0. The second-order valence-corrected chi connectivity index (χ2v) is 7.00. The van der Waals surface area contributed by atoms with Crippen LogP contribution in [0.5, 0.6) is 0 Å². The van der Waals surface area contributed by atoms with Crippen molar-refractivity contribution in [3.05, 3.63) is 12.7 Å². The average Bonchev–Trinajstić information content (AvgIpc) is 2.64. The Morgan fingerprint density at radius 3 is 1.55 bits per heavy atom. The van der Waals surface area contributed by atoms with E-state index in [4.69, 9.17) is 23.7 Å². The molecule has 0 aromatic rings. The van der Waals surface area contributed by atoms with Crippen LogP contribution >= 0.6 is 0 Å². The van der Waals surface area contributed by atoms with E-state index < -0.39 is 72.8 Å². The van der Waals surface area contributed by atoms with Crippen LogP contribution in [0.4, 0.5) is 0 Å². The van der Waals surface area contributed by atoms with Gasteiger partial charge in [0.05, 0.1) is 0 Å². The van der Waals surface area contributed by atoms with Crippen LogP contribution in [-0.4, -0.2) is 72.8 Å². The van der Waals surface area contributed by atoms with Crippen LogP contribution in [0.3, 0.4) is 0 Å². The molecule has 1 amide bonds. The zero-order valence-electron chi connectivity index (χ0n) is 19.6. The first-order valence-electron chi connectivity index (χ1n) is 9.98. The lowest BCUT2D eigenvalue weighted by atomic mass is 9.94. The summed E-state index contributed by atoms with van der Waals surface area (Å²) >= 11 is 0. The molecule has 1 N–H and O–H groups in total. The summed E-state index contributed by atoms with van der Waals surface area (Å²) in [5.74, 6) is -4.54. The van der Waals surface area contributed by atoms with E-state index in [2.05, 4.69) is 11.9 Å². The Labute approximate surface area is 191 Å². The quantitative estimate of drug-likeness (QED) is 0.223. The van der Waals surface area contributed by atoms with Gasteiger partial charge >= 0.3 is 29.8 Å². The number of ether oxygens (including phenoxy) is 5. The van der Waals surface area contributed by atoms with Crippen LogP contribution in [0, 0.1) is 0 Å². The lowest BCUT2D eigenvalue weighted by Gasteiger charge is -2.38. The molecule has 0 fully saturated rings. The number of amides is 1. The largest absolute Gasteiger partial charge is 0.462 e. The number of hydrogen-bond acceptors (Lipinski definition) is 11. The third-order valence-electron chi connectivity index (χ3n) is 3.90. The monoisotopic (exact) mass is 473 g/mol. The minimum atomic E-state index is -1.56. The Kier molecular flexibility index (Phi) is 13.1. The zero-order chi connectivity index (χ0) is 25.7. The van der Waals surface area contributed by atoms with Crippen LogP contribution < -0.4 is 5.32 Å². The summed E-state index contributed by atoms with van der Waals surface area (Å²) in [5, 5.41) is 2.52. The molecular formula is C21H31NO11. The van der Waals surface area contributed by atoms with E-state index in [1.807, 2.05) is 0 Å². The molecule has 0 aliphatic rings. The summed E-state index contributed by atoms with van der Waals surface area (Å²) in [6.07, 6.45) is -4.22. The fourth-order valence-corrected chi connectivity index (χ4v) is 2.96. The van der Waals surface area contributed by atoms with Crippen LogP contribution in [0.25, 0.3) is 0 Å². The highest BCUT2D eigenvalue weighted by Gasteiger charge is 2.46. The maximum absolute atomic E-state index is 12.0. The Hall–Kier alpha value is -3.44. The van der Waals surface area contributed by atoms with Gasteiger partial charge in [-0.15, -0.1) is 6.58 Å². The Bertz CT molecular complexity index is 748. The van der Waals surface area contributed by atoms with Gasteiger partial charge in [0, 0.05) is 48.0 Å². The van der Waals surface area contributed by atoms with Gasteiger partial charge in [0.15, 0.2) is 18.3 Å². The lowest BCUT2D eigenvalue weighted by molar-refractivity contribution is -0.195. The first-order valence-corrected chi connectivity index (χ1v) is 9.98. The maximum Gasteiger partial charge on any atom is 0.303 e. The number of hydrogen-bond donors (Lipinski definition) is 1. The predicted molar refractivity (Wildman–Crippen MR) is 111 cm³/mol. The fraction of sp³-hybridized carbons (Fsp3) is 0.619. The van der Waals surface area contributed by atoms with E-state index in [9.17, 15) is 28.8 Å². The Morgan fingerprint density at radius 2 is 1.15 bits per heavy atom. The zero-order valence-corrected chi connectivity index (χ0v) is 19.6. The first-order chi connectivity index (χ1) is 15.3. The maximum atomic E-state index is 12.0. The predicted octanol–water partition coefficient (Wildman–Crippen LogP) is 0.357. The summed E-state index contributed by atoms with van der Waals surface area (Å²) < 4.78 is 26.0. The number of nitrogens with one attached hydrogen (secondary N) is 1. The summed E-state index contributed by atoms with van der Waals surface area (Å²) in [6, 6.07) is -1.27. The standard InChI is InChI=1S/C21H31NO11/c1-8-9-17(30-13(4)25)19(22-11(2)23)21(33-16(7)28)20(32-15(6)27)18(31-14(5)26)10-29-12(3)24/h8,17-21H,1,9-10H2,2-7H3,(H,22,23)/t17-,18+,19+,20+,21+/m1/s1. The molecule has 0 bridgehead atoms. The second-order valence-electron chi connectivity index (χ2n) is 7.00. The minimum absolute atomic E-state index is 0.0112. The second kappa shape index (κ2) is 14.6. The smallest absolute Gasteiger partial charge is 0.303 e. The molecule has 0 aliphatic heterocycles. The normalized spacial score (nSPS) is 14.8. The van der Waals surface area contributed by atoms with E-state index in [1.165, 1.54) is 13.0 Å². The molecule has 0 heterocycles. The van der Waals surface area contributed by atoms with E-state index in [0.29, 0.717) is 0 Å². The molecule has 0 radical (unpaired) electrons. The van der Waals surface area contributed by atoms with E-state index in [-0.39, 0.29) is 6.42 Å². The van der Waals surface area contributed by atoms with E-state index >= 15 is 0 Å². The lowest BCUT2D eigenvalue weighted by Crippen LogP contribution is -2.60. The van der Waals surface area contributed by atoms with Gasteiger partial charge in [0.25, 0.3) is 0 Å². The van der Waals surface area contributed by atoms with Crippen LogP contribution in [0.1, 0.15) is 48.0 Å². The molecular weight excluding hydrogens is 442 g/mol. The Balaban J connectivity index is 6.66. The molecule has 0 unspecified atom stereocenters. The molecule has 33 heavy (non-hydrogen) atoms. The number of rotatable bonds is 13. The topological polar surface area (TPSA) is 161 Å². The van der Waals surface area contributed by atoms with Gasteiger partial charge in [-0.2, -0.15) is 0 Å². The molecule has 0 aromatic heterocycles. The van der Waals surface area contributed by atoms with Crippen molar-refractivity contribution in [1.82, 2.24) is 5.32 Å². The van der Waals surface area contributed by atoms with Gasteiger partial charge < -0.3 is 29.0 Å². The molecule has 12 heteroatoms. The third-order valence-corrected chi connectivity index (χ3v) is 3.90. The highest BCUT2D eigenvalue weighted by molar-refractivity contribution is 5.74. The van der Waals surface area contributed by atoms with Crippen molar-refractivity contribution in [2.24, 2.45) is 0 Å². The first kappa shape index (κ1) is 29.6. The SMILES string of the molecule is C=CC[C@@H](OC(C)=O)[C@H](NC(C)=O)[C@H](OC(C)=O)[C@@H](OC(C)=O)[C@H](COC(C)=O)OC(C)=O. The molecule has 0 aliphatic carbocycles. The number of carbonyl (C=O) groups excluding carboxylic acids is 6. The highest BCUT2D eigenvalue weighted by Crippen LogP contribution is 2.22. The third kappa shape index (κ3) is 12.2. The van der Waals surface area contributed by atoms with Gasteiger partial charge in [-0.25, -0.2) is 0 Å². The highest BCUT2D eigenvalue weighted by atomic mass is 16.6.